The number of nitrogens with one attached hydrogen (secondary N) is 1. The van der Waals surface area contributed by atoms with Crippen molar-refractivity contribution in [1.29, 1.82) is 0 Å². The van der Waals surface area contributed by atoms with Crippen molar-refractivity contribution in [3.05, 3.63) is 29.2 Å². The second-order valence-electron chi connectivity index (χ2n) is 5.73. The first-order chi connectivity index (χ1) is 10.6. The summed E-state index contributed by atoms with van der Waals surface area (Å²) in [6.07, 6.45) is 3.45. The number of rotatable bonds is 5. The molecule has 1 atom stereocenters. The predicted octanol–water partition coefficient (Wildman–Crippen LogP) is 2.54. The molecule has 0 saturated carbocycles. The van der Waals surface area contributed by atoms with Crippen LogP contribution in [-0.2, 0) is 11.3 Å². The lowest BCUT2D eigenvalue weighted by molar-refractivity contribution is -0.122. The molecule has 1 aliphatic heterocycles. The van der Waals surface area contributed by atoms with Crippen LogP contribution < -0.4 is 10.2 Å². The average Bonchev–Trinajstić information content (AvgIpc) is 3.23. The Morgan fingerprint density at radius 2 is 2.41 bits per heavy atom. The molecular formula is C15H20N4O2S. The lowest BCUT2D eigenvalue weighted by Crippen LogP contribution is -2.43. The minimum Gasteiger partial charge on any atom is -0.467 e. The van der Waals surface area contributed by atoms with Crippen LogP contribution in [0.25, 0.3) is 0 Å². The molecular weight excluding hydrogens is 300 g/mol. The van der Waals surface area contributed by atoms with E-state index in [4.69, 9.17) is 4.42 Å². The summed E-state index contributed by atoms with van der Waals surface area (Å²) in [6, 6.07) is 3.51. The summed E-state index contributed by atoms with van der Waals surface area (Å²) in [5.41, 5.74) is 0. The highest BCUT2D eigenvalue weighted by atomic mass is 32.1. The van der Waals surface area contributed by atoms with Gasteiger partial charge in [-0.25, -0.2) is 0 Å². The number of anilines is 1. The summed E-state index contributed by atoms with van der Waals surface area (Å²) < 4.78 is 5.24. The summed E-state index contributed by atoms with van der Waals surface area (Å²) in [5, 5.41) is 13.3. The Labute approximate surface area is 133 Å². The fraction of sp³-hybridized carbons (Fsp3) is 0.533. The van der Waals surface area contributed by atoms with Gasteiger partial charge in [0.25, 0.3) is 0 Å². The molecule has 2 aromatic rings. The van der Waals surface area contributed by atoms with Crippen molar-refractivity contribution in [2.45, 2.75) is 45.2 Å². The van der Waals surface area contributed by atoms with Crippen molar-refractivity contribution in [3.63, 3.8) is 0 Å². The molecule has 1 aliphatic rings. The third-order valence-corrected chi connectivity index (χ3v) is 5.00. The van der Waals surface area contributed by atoms with E-state index >= 15 is 0 Å². The van der Waals surface area contributed by atoms with Crippen LogP contribution in [-0.4, -0.2) is 28.7 Å². The van der Waals surface area contributed by atoms with Crippen molar-refractivity contribution in [2.75, 3.05) is 11.4 Å². The SMILES string of the molecule is CC(C)c1nnc(N2CCC[C@@H]2C(=O)NCc2ccco2)s1. The summed E-state index contributed by atoms with van der Waals surface area (Å²) in [5.74, 6) is 1.14. The highest BCUT2D eigenvalue weighted by Gasteiger charge is 2.33. The first-order valence-corrected chi connectivity index (χ1v) is 8.37. The van der Waals surface area contributed by atoms with E-state index in [-0.39, 0.29) is 11.9 Å². The average molecular weight is 320 g/mol. The van der Waals surface area contributed by atoms with Crippen LogP contribution in [0.4, 0.5) is 5.13 Å². The molecule has 1 fully saturated rings. The summed E-state index contributed by atoms with van der Waals surface area (Å²) >= 11 is 1.58. The Morgan fingerprint density at radius 1 is 1.55 bits per heavy atom. The van der Waals surface area contributed by atoms with E-state index < -0.39 is 0 Å². The highest BCUT2D eigenvalue weighted by Crippen LogP contribution is 2.31. The normalized spacial score (nSPS) is 18.1. The predicted molar refractivity (Wildman–Crippen MR) is 84.9 cm³/mol. The zero-order chi connectivity index (χ0) is 15.5. The van der Waals surface area contributed by atoms with Gasteiger partial charge in [-0.3, -0.25) is 4.79 Å². The van der Waals surface area contributed by atoms with E-state index in [2.05, 4.69) is 34.3 Å². The molecule has 118 valence electrons. The van der Waals surface area contributed by atoms with Crippen LogP contribution in [0, 0.1) is 0 Å². The number of hydrogen-bond acceptors (Lipinski definition) is 6. The molecule has 0 radical (unpaired) electrons. The van der Waals surface area contributed by atoms with E-state index in [9.17, 15) is 4.79 Å². The zero-order valence-corrected chi connectivity index (χ0v) is 13.6. The van der Waals surface area contributed by atoms with Gasteiger partial charge in [-0.1, -0.05) is 25.2 Å². The van der Waals surface area contributed by atoms with Crippen molar-refractivity contribution < 1.29 is 9.21 Å². The maximum absolute atomic E-state index is 12.4. The van der Waals surface area contributed by atoms with Crippen LogP contribution in [0.3, 0.4) is 0 Å². The summed E-state index contributed by atoms with van der Waals surface area (Å²) in [7, 11) is 0. The molecule has 7 heteroatoms. The number of carbonyl (C=O) groups excluding carboxylic acids is 1. The van der Waals surface area contributed by atoms with Gasteiger partial charge in [-0.15, -0.1) is 10.2 Å². The number of carbonyl (C=O) groups is 1. The van der Waals surface area contributed by atoms with E-state index in [1.807, 2.05) is 12.1 Å². The van der Waals surface area contributed by atoms with Crippen LogP contribution in [0.2, 0.25) is 0 Å². The van der Waals surface area contributed by atoms with Crippen molar-refractivity contribution in [3.8, 4) is 0 Å². The van der Waals surface area contributed by atoms with Gasteiger partial charge >= 0.3 is 0 Å². The molecule has 0 aliphatic carbocycles. The molecule has 1 amide bonds. The third-order valence-electron chi connectivity index (χ3n) is 3.74. The Balaban J connectivity index is 1.65. The van der Waals surface area contributed by atoms with E-state index in [0.29, 0.717) is 12.5 Å². The zero-order valence-electron chi connectivity index (χ0n) is 12.8. The van der Waals surface area contributed by atoms with Gasteiger partial charge in [-0.2, -0.15) is 0 Å². The maximum atomic E-state index is 12.4. The Bertz CT molecular complexity index is 623. The standard InChI is InChI=1S/C15H20N4O2S/c1-10(2)14-17-18-15(22-14)19-7-3-6-12(19)13(20)16-9-11-5-4-8-21-11/h4-5,8,10,12H,3,6-7,9H2,1-2H3,(H,16,20)/t12-/m1/s1. The van der Waals surface area contributed by atoms with Crippen LogP contribution >= 0.6 is 11.3 Å². The van der Waals surface area contributed by atoms with Gasteiger partial charge in [0.05, 0.1) is 12.8 Å². The molecule has 1 N–H and O–H groups in total. The minimum atomic E-state index is -0.164. The van der Waals surface area contributed by atoms with E-state index in [1.165, 1.54) is 0 Å². The lowest BCUT2D eigenvalue weighted by Gasteiger charge is -2.22. The van der Waals surface area contributed by atoms with Crippen molar-refractivity contribution in [2.24, 2.45) is 0 Å². The number of hydrogen-bond donors (Lipinski definition) is 1. The first-order valence-electron chi connectivity index (χ1n) is 7.55. The Morgan fingerprint density at radius 3 is 3.09 bits per heavy atom. The van der Waals surface area contributed by atoms with E-state index in [0.717, 1.165) is 35.3 Å². The first kappa shape index (κ1) is 15.0. The van der Waals surface area contributed by atoms with Gasteiger partial charge in [0.2, 0.25) is 11.0 Å². The lowest BCUT2D eigenvalue weighted by atomic mass is 10.2. The third kappa shape index (κ3) is 3.14. The number of amides is 1. The summed E-state index contributed by atoms with van der Waals surface area (Å²) in [4.78, 5) is 14.5. The molecule has 0 spiro atoms. The molecule has 2 aromatic heterocycles. The second kappa shape index (κ2) is 6.48. The molecule has 3 heterocycles. The molecule has 1 saturated heterocycles. The van der Waals surface area contributed by atoms with Crippen LogP contribution in [0.5, 0.6) is 0 Å². The van der Waals surface area contributed by atoms with Gasteiger partial charge in [0.1, 0.15) is 16.8 Å². The largest absolute Gasteiger partial charge is 0.467 e. The molecule has 0 unspecified atom stereocenters. The number of furan rings is 1. The van der Waals surface area contributed by atoms with E-state index in [1.54, 1.807) is 17.6 Å². The fourth-order valence-corrected chi connectivity index (χ4v) is 3.47. The number of aromatic nitrogens is 2. The monoisotopic (exact) mass is 320 g/mol. The summed E-state index contributed by atoms with van der Waals surface area (Å²) in [6.45, 7) is 5.47. The topological polar surface area (TPSA) is 71.3 Å². The molecule has 0 bridgehead atoms. The van der Waals surface area contributed by atoms with Gasteiger partial charge < -0.3 is 14.6 Å². The quantitative estimate of drug-likeness (QED) is 0.916. The fourth-order valence-electron chi connectivity index (χ4n) is 2.55. The van der Waals surface area contributed by atoms with Crippen molar-refractivity contribution >= 4 is 22.4 Å². The van der Waals surface area contributed by atoms with Crippen molar-refractivity contribution in [1.82, 2.24) is 15.5 Å². The Kier molecular flexibility index (Phi) is 4.42. The van der Waals surface area contributed by atoms with Crippen LogP contribution in [0.15, 0.2) is 22.8 Å². The Hall–Kier alpha value is -1.89. The maximum Gasteiger partial charge on any atom is 0.243 e. The smallest absolute Gasteiger partial charge is 0.243 e. The molecule has 22 heavy (non-hydrogen) atoms. The van der Waals surface area contributed by atoms with Gasteiger partial charge in [0, 0.05) is 12.5 Å². The van der Waals surface area contributed by atoms with Gasteiger partial charge in [-0.05, 0) is 25.0 Å². The molecule has 3 rings (SSSR count). The molecule has 6 nitrogen and oxygen atoms in total. The molecule has 0 aromatic carbocycles. The number of nitrogens with zero attached hydrogens (tertiary/aromatic N) is 3. The van der Waals surface area contributed by atoms with Gasteiger partial charge in [0.15, 0.2) is 0 Å². The highest BCUT2D eigenvalue weighted by molar-refractivity contribution is 7.15. The van der Waals surface area contributed by atoms with Crippen LogP contribution in [0.1, 0.15) is 43.4 Å². The second-order valence-corrected chi connectivity index (χ2v) is 6.71. The minimum absolute atomic E-state index is 0.0233.